The van der Waals surface area contributed by atoms with Crippen molar-refractivity contribution in [3.05, 3.63) is 33.9 Å². The standard InChI is InChI=1S/C13H19N3O4S/c1-2-9-5-6-11(16(17)18)7-13(9)21(19,20)15-12(8-14)10-3-4-10/h5-7,10,12,15H,2-4,8,14H2,1H3/t12-/m1/s1. The lowest BCUT2D eigenvalue weighted by Crippen LogP contribution is -2.41. The molecule has 1 aromatic carbocycles. The van der Waals surface area contributed by atoms with Crippen LogP contribution in [0.5, 0.6) is 0 Å². The summed E-state index contributed by atoms with van der Waals surface area (Å²) in [7, 11) is -3.81. The molecular formula is C13H19N3O4S. The van der Waals surface area contributed by atoms with Crippen LogP contribution in [0.3, 0.4) is 0 Å². The third-order valence-electron chi connectivity index (χ3n) is 3.68. The first kappa shape index (κ1) is 15.9. The van der Waals surface area contributed by atoms with Crippen LogP contribution in [0, 0.1) is 16.0 Å². The molecule has 0 radical (unpaired) electrons. The van der Waals surface area contributed by atoms with Crippen molar-refractivity contribution >= 4 is 15.7 Å². The van der Waals surface area contributed by atoms with Crippen LogP contribution in [-0.2, 0) is 16.4 Å². The van der Waals surface area contributed by atoms with Crippen molar-refractivity contribution in [1.82, 2.24) is 4.72 Å². The van der Waals surface area contributed by atoms with Gasteiger partial charge in [0.2, 0.25) is 10.0 Å². The molecule has 2 rings (SSSR count). The van der Waals surface area contributed by atoms with E-state index in [-0.39, 0.29) is 29.1 Å². The lowest BCUT2D eigenvalue weighted by atomic mass is 10.1. The van der Waals surface area contributed by atoms with Crippen molar-refractivity contribution in [2.24, 2.45) is 11.7 Å². The van der Waals surface area contributed by atoms with Gasteiger partial charge >= 0.3 is 0 Å². The maximum absolute atomic E-state index is 12.5. The number of nitro groups is 1. The Morgan fingerprint density at radius 1 is 1.48 bits per heavy atom. The van der Waals surface area contributed by atoms with E-state index in [0.29, 0.717) is 12.0 Å². The normalized spacial score (nSPS) is 16.7. The topological polar surface area (TPSA) is 115 Å². The quantitative estimate of drug-likeness (QED) is 0.579. The van der Waals surface area contributed by atoms with Gasteiger partial charge in [0.05, 0.1) is 9.82 Å². The second-order valence-corrected chi connectivity index (χ2v) is 6.89. The number of nitrogens with one attached hydrogen (secondary N) is 1. The molecule has 1 atom stereocenters. The molecule has 0 aliphatic heterocycles. The van der Waals surface area contributed by atoms with Gasteiger partial charge < -0.3 is 5.73 Å². The minimum absolute atomic E-state index is 0.0294. The number of benzene rings is 1. The number of rotatable bonds is 7. The molecule has 0 aromatic heterocycles. The van der Waals surface area contributed by atoms with Gasteiger partial charge in [0, 0.05) is 24.7 Å². The summed E-state index contributed by atoms with van der Waals surface area (Å²) in [6.45, 7) is 2.03. The smallest absolute Gasteiger partial charge is 0.270 e. The highest BCUT2D eigenvalue weighted by atomic mass is 32.2. The minimum Gasteiger partial charge on any atom is -0.329 e. The number of aryl methyl sites for hydroxylation is 1. The molecule has 3 N–H and O–H groups in total. The van der Waals surface area contributed by atoms with Gasteiger partial charge in [-0.05, 0) is 30.7 Å². The summed E-state index contributed by atoms with van der Waals surface area (Å²) >= 11 is 0. The highest BCUT2D eigenvalue weighted by Crippen LogP contribution is 2.33. The van der Waals surface area contributed by atoms with Crippen LogP contribution in [0.15, 0.2) is 23.1 Å². The molecule has 1 fully saturated rings. The third-order valence-corrected chi connectivity index (χ3v) is 5.26. The van der Waals surface area contributed by atoms with E-state index in [1.807, 2.05) is 6.92 Å². The Morgan fingerprint density at radius 2 is 2.14 bits per heavy atom. The molecule has 1 aromatic rings. The Balaban J connectivity index is 2.37. The fourth-order valence-electron chi connectivity index (χ4n) is 2.30. The summed E-state index contributed by atoms with van der Waals surface area (Å²) in [5.74, 6) is 0.272. The van der Waals surface area contributed by atoms with Gasteiger partial charge in [-0.1, -0.05) is 13.0 Å². The summed E-state index contributed by atoms with van der Waals surface area (Å²) in [6.07, 6.45) is 2.39. The lowest BCUT2D eigenvalue weighted by Gasteiger charge is -2.17. The van der Waals surface area contributed by atoms with Gasteiger partial charge in [-0.15, -0.1) is 0 Å². The summed E-state index contributed by atoms with van der Waals surface area (Å²) < 4.78 is 27.6. The number of nitro benzene ring substituents is 1. The van der Waals surface area contributed by atoms with E-state index in [4.69, 9.17) is 5.73 Å². The van der Waals surface area contributed by atoms with E-state index in [1.54, 1.807) is 0 Å². The molecule has 1 saturated carbocycles. The van der Waals surface area contributed by atoms with Crippen molar-refractivity contribution in [3.8, 4) is 0 Å². The molecule has 0 bridgehead atoms. The predicted octanol–water partition coefficient (Wildman–Crippen LogP) is 1.17. The van der Waals surface area contributed by atoms with Crippen LogP contribution in [-0.4, -0.2) is 25.9 Å². The van der Waals surface area contributed by atoms with Gasteiger partial charge in [-0.3, -0.25) is 10.1 Å². The first-order valence-electron chi connectivity index (χ1n) is 6.88. The number of nitrogens with two attached hydrogens (primary N) is 1. The minimum atomic E-state index is -3.81. The number of sulfonamides is 1. The average Bonchev–Trinajstić information content (AvgIpc) is 3.28. The first-order chi connectivity index (χ1) is 9.89. The van der Waals surface area contributed by atoms with Crippen LogP contribution in [0.2, 0.25) is 0 Å². The molecular weight excluding hydrogens is 294 g/mol. The van der Waals surface area contributed by atoms with Crippen LogP contribution >= 0.6 is 0 Å². The SMILES string of the molecule is CCc1ccc([N+](=O)[O-])cc1S(=O)(=O)N[C@H](CN)C1CC1. The van der Waals surface area contributed by atoms with Gasteiger partial charge in [0.25, 0.3) is 5.69 Å². The van der Waals surface area contributed by atoms with Crippen molar-refractivity contribution in [1.29, 1.82) is 0 Å². The highest BCUT2D eigenvalue weighted by molar-refractivity contribution is 7.89. The molecule has 0 saturated heterocycles. The summed E-state index contributed by atoms with van der Waals surface area (Å²) in [6, 6.07) is 3.61. The van der Waals surface area contributed by atoms with Crippen LogP contribution in [0.4, 0.5) is 5.69 Å². The van der Waals surface area contributed by atoms with Gasteiger partial charge in [-0.2, -0.15) is 0 Å². The zero-order valence-corrected chi connectivity index (χ0v) is 12.6. The summed E-state index contributed by atoms with van der Waals surface area (Å²) in [5, 5.41) is 10.8. The molecule has 7 nitrogen and oxygen atoms in total. The number of non-ortho nitro benzene ring substituents is 1. The molecule has 0 spiro atoms. The molecule has 1 aliphatic rings. The van der Waals surface area contributed by atoms with E-state index in [0.717, 1.165) is 18.9 Å². The molecule has 1 aliphatic carbocycles. The summed E-state index contributed by atoms with van der Waals surface area (Å²) in [5.41, 5.74) is 5.93. The predicted molar refractivity (Wildman–Crippen MR) is 78.4 cm³/mol. The molecule has 116 valence electrons. The Kier molecular flexibility index (Phi) is 4.60. The van der Waals surface area contributed by atoms with E-state index in [2.05, 4.69) is 4.72 Å². The first-order valence-corrected chi connectivity index (χ1v) is 8.37. The maximum atomic E-state index is 12.5. The van der Waals surface area contributed by atoms with Gasteiger partial charge in [0.1, 0.15) is 0 Å². The van der Waals surface area contributed by atoms with Crippen molar-refractivity contribution in [3.63, 3.8) is 0 Å². The second-order valence-electron chi connectivity index (χ2n) is 5.20. The van der Waals surface area contributed by atoms with Crippen LogP contribution < -0.4 is 10.5 Å². The van der Waals surface area contributed by atoms with E-state index in [1.165, 1.54) is 12.1 Å². The Morgan fingerprint density at radius 3 is 2.62 bits per heavy atom. The monoisotopic (exact) mass is 313 g/mol. The molecule has 0 heterocycles. The zero-order chi connectivity index (χ0) is 15.6. The maximum Gasteiger partial charge on any atom is 0.270 e. The van der Waals surface area contributed by atoms with Gasteiger partial charge in [0.15, 0.2) is 0 Å². The largest absolute Gasteiger partial charge is 0.329 e. The van der Waals surface area contributed by atoms with Gasteiger partial charge in [-0.25, -0.2) is 13.1 Å². The van der Waals surface area contributed by atoms with Crippen molar-refractivity contribution < 1.29 is 13.3 Å². The summed E-state index contributed by atoms with van der Waals surface area (Å²) in [4.78, 5) is 10.2. The number of hydrogen-bond donors (Lipinski definition) is 2. The van der Waals surface area contributed by atoms with Crippen molar-refractivity contribution in [2.45, 2.75) is 37.1 Å². The zero-order valence-electron chi connectivity index (χ0n) is 11.8. The fraction of sp³-hybridized carbons (Fsp3) is 0.538. The Hall–Kier alpha value is -1.51. The van der Waals surface area contributed by atoms with E-state index >= 15 is 0 Å². The molecule has 8 heteroatoms. The van der Waals surface area contributed by atoms with Crippen molar-refractivity contribution in [2.75, 3.05) is 6.54 Å². The molecule has 0 unspecified atom stereocenters. The average molecular weight is 313 g/mol. The highest BCUT2D eigenvalue weighted by Gasteiger charge is 2.34. The number of nitrogens with zero attached hydrogens (tertiary/aromatic N) is 1. The fourth-order valence-corrected chi connectivity index (χ4v) is 3.94. The second kappa shape index (κ2) is 6.08. The van der Waals surface area contributed by atoms with Crippen LogP contribution in [0.25, 0.3) is 0 Å². The van der Waals surface area contributed by atoms with E-state index in [9.17, 15) is 18.5 Å². The molecule has 0 amide bonds. The number of hydrogen-bond acceptors (Lipinski definition) is 5. The van der Waals surface area contributed by atoms with E-state index < -0.39 is 14.9 Å². The Labute approximate surface area is 123 Å². The lowest BCUT2D eigenvalue weighted by molar-refractivity contribution is -0.385. The third kappa shape index (κ3) is 3.58. The van der Waals surface area contributed by atoms with Crippen LogP contribution in [0.1, 0.15) is 25.3 Å². The molecule has 21 heavy (non-hydrogen) atoms. The Bertz CT molecular complexity index is 641.